The molecular weight excluding hydrogens is 256 g/mol. The third-order valence-corrected chi connectivity index (χ3v) is 3.29. The molecule has 0 aliphatic carbocycles. The summed E-state index contributed by atoms with van der Waals surface area (Å²) in [7, 11) is 0. The molecule has 2 amide bonds. The maximum atomic E-state index is 12.4. The molecule has 0 atom stereocenters. The van der Waals surface area contributed by atoms with Gasteiger partial charge in [0.1, 0.15) is 0 Å². The molecule has 20 heavy (non-hydrogen) atoms. The Hall–Kier alpha value is -2.63. The van der Waals surface area contributed by atoms with E-state index in [-0.39, 0.29) is 17.9 Å². The zero-order valence-electron chi connectivity index (χ0n) is 11.2. The van der Waals surface area contributed by atoms with Gasteiger partial charge in [0.25, 0.3) is 11.8 Å². The highest BCUT2D eigenvalue weighted by Gasteiger charge is 2.37. The molecule has 102 valence electrons. The molecule has 1 aromatic heterocycles. The Balaban J connectivity index is 2.04. The molecule has 2 N–H and O–H groups in total. The van der Waals surface area contributed by atoms with Gasteiger partial charge in [-0.05, 0) is 32.0 Å². The Morgan fingerprint density at radius 1 is 1.15 bits per heavy atom. The minimum atomic E-state index is -0.361. The first-order valence-electron chi connectivity index (χ1n) is 6.31. The number of anilines is 2. The summed E-state index contributed by atoms with van der Waals surface area (Å²) in [5.41, 5.74) is 7.32. The Morgan fingerprint density at radius 2 is 1.85 bits per heavy atom. The molecule has 6 nitrogen and oxygen atoms in total. The molecule has 0 saturated carbocycles. The van der Waals surface area contributed by atoms with Gasteiger partial charge in [-0.15, -0.1) is 0 Å². The number of aromatic nitrogens is 2. The fraction of sp³-hybridized carbons (Fsp3) is 0.214. The summed E-state index contributed by atoms with van der Waals surface area (Å²) >= 11 is 0. The minimum absolute atomic E-state index is 0.162. The van der Waals surface area contributed by atoms with Crippen molar-refractivity contribution in [2.24, 2.45) is 0 Å². The molecular formula is C14H14N4O2. The van der Waals surface area contributed by atoms with Crippen LogP contribution in [-0.2, 0) is 0 Å². The SMILES string of the molecule is CC(C)n1cc(N2C(=O)c3ccc(N)cc3C2=O)cn1. The number of carbonyl (C=O) groups excluding carboxylic acids is 2. The first-order chi connectivity index (χ1) is 9.49. The van der Waals surface area contributed by atoms with Gasteiger partial charge in [-0.2, -0.15) is 5.10 Å². The summed E-state index contributed by atoms with van der Waals surface area (Å²) in [6, 6.07) is 4.89. The summed E-state index contributed by atoms with van der Waals surface area (Å²) in [5.74, 6) is -0.700. The second-order valence-electron chi connectivity index (χ2n) is 5.02. The quantitative estimate of drug-likeness (QED) is 0.667. The molecule has 0 spiro atoms. The molecule has 0 unspecified atom stereocenters. The fourth-order valence-electron chi connectivity index (χ4n) is 2.22. The van der Waals surface area contributed by atoms with E-state index in [1.165, 1.54) is 12.3 Å². The summed E-state index contributed by atoms with van der Waals surface area (Å²) in [6.45, 7) is 3.94. The number of nitrogen functional groups attached to an aromatic ring is 1. The normalized spacial score (nSPS) is 14.2. The lowest BCUT2D eigenvalue weighted by Gasteiger charge is -2.10. The number of imide groups is 1. The summed E-state index contributed by atoms with van der Waals surface area (Å²) < 4.78 is 1.70. The highest BCUT2D eigenvalue weighted by atomic mass is 16.2. The van der Waals surface area contributed by atoms with Crippen molar-refractivity contribution in [2.45, 2.75) is 19.9 Å². The van der Waals surface area contributed by atoms with Crippen molar-refractivity contribution in [3.63, 3.8) is 0 Å². The van der Waals surface area contributed by atoms with Gasteiger partial charge in [0, 0.05) is 17.9 Å². The van der Waals surface area contributed by atoms with Crippen molar-refractivity contribution in [1.82, 2.24) is 9.78 Å². The standard InChI is InChI=1S/C14H14N4O2/c1-8(2)17-7-10(6-16-17)18-13(19)11-4-3-9(15)5-12(11)14(18)20/h3-8H,15H2,1-2H3. The van der Waals surface area contributed by atoms with Crippen LogP contribution in [0.15, 0.2) is 30.6 Å². The molecule has 2 aromatic rings. The maximum absolute atomic E-state index is 12.4. The number of benzene rings is 1. The lowest BCUT2D eigenvalue weighted by molar-refractivity contribution is 0.0926. The van der Waals surface area contributed by atoms with E-state index in [9.17, 15) is 9.59 Å². The summed E-state index contributed by atoms with van der Waals surface area (Å²) in [6.07, 6.45) is 3.21. The van der Waals surface area contributed by atoms with Crippen LogP contribution in [0.5, 0.6) is 0 Å². The van der Waals surface area contributed by atoms with Crippen LogP contribution in [0.2, 0.25) is 0 Å². The van der Waals surface area contributed by atoms with E-state index in [1.807, 2.05) is 13.8 Å². The Bertz CT molecular complexity index is 718. The van der Waals surface area contributed by atoms with Gasteiger partial charge >= 0.3 is 0 Å². The molecule has 0 bridgehead atoms. The van der Waals surface area contributed by atoms with Gasteiger partial charge in [0.15, 0.2) is 0 Å². The maximum Gasteiger partial charge on any atom is 0.266 e. The number of hydrogen-bond acceptors (Lipinski definition) is 4. The number of nitrogens with zero attached hydrogens (tertiary/aromatic N) is 3. The van der Waals surface area contributed by atoms with E-state index in [0.717, 1.165) is 4.90 Å². The number of amides is 2. The van der Waals surface area contributed by atoms with Crippen LogP contribution in [-0.4, -0.2) is 21.6 Å². The third kappa shape index (κ3) is 1.69. The third-order valence-electron chi connectivity index (χ3n) is 3.29. The van der Waals surface area contributed by atoms with Crippen molar-refractivity contribution in [1.29, 1.82) is 0 Å². The zero-order valence-corrected chi connectivity index (χ0v) is 11.2. The Kier molecular flexibility index (Phi) is 2.60. The van der Waals surface area contributed by atoms with Gasteiger partial charge in [-0.25, -0.2) is 4.90 Å². The van der Waals surface area contributed by atoms with E-state index in [2.05, 4.69) is 5.10 Å². The number of nitrogens with two attached hydrogens (primary N) is 1. The first kappa shape index (κ1) is 12.4. The van der Waals surface area contributed by atoms with Crippen molar-refractivity contribution >= 4 is 23.2 Å². The van der Waals surface area contributed by atoms with Crippen molar-refractivity contribution in [2.75, 3.05) is 10.6 Å². The highest BCUT2D eigenvalue weighted by molar-refractivity contribution is 6.34. The Morgan fingerprint density at radius 3 is 2.50 bits per heavy atom. The van der Waals surface area contributed by atoms with Gasteiger partial charge < -0.3 is 5.73 Å². The lowest BCUT2D eigenvalue weighted by Crippen LogP contribution is -2.29. The molecule has 0 fully saturated rings. The van der Waals surface area contributed by atoms with Crippen molar-refractivity contribution in [3.8, 4) is 0 Å². The van der Waals surface area contributed by atoms with Crippen molar-refractivity contribution in [3.05, 3.63) is 41.7 Å². The van der Waals surface area contributed by atoms with Gasteiger partial charge in [0.2, 0.25) is 0 Å². The van der Waals surface area contributed by atoms with E-state index in [1.54, 1.807) is 23.0 Å². The fourth-order valence-corrected chi connectivity index (χ4v) is 2.22. The molecule has 0 saturated heterocycles. The minimum Gasteiger partial charge on any atom is -0.399 e. The number of rotatable bonds is 2. The van der Waals surface area contributed by atoms with Crippen LogP contribution in [0.4, 0.5) is 11.4 Å². The van der Waals surface area contributed by atoms with Gasteiger partial charge in [-0.3, -0.25) is 14.3 Å². The lowest BCUT2D eigenvalue weighted by atomic mass is 10.1. The van der Waals surface area contributed by atoms with Crippen LogP contribution in [0.25, 0.3) is 0 Å². The van der Waals surface area contributed by atoms with Gasteiger partial charge in [-0.1, -0.05) is 0 Å². The molecule has 2 heterocycles. The number of hydrogen-bond donors (Lipinski definition) is 1. The van der Waals surface area contributed by atoms with E-state index in [4.69, 9.17) is 5.73 Å². The largest absolute Gasteiger partial charge is 0.399 e. The average Bonchev–Trinajstić information content (AvgIpc) is 2.95. The number of carbonyl (C=O) groups is 2. The van der Waals surface area contributed by atoms with Crippen molar-refractivity contribution < 1.29 is 9.59 Å². The molecule has 1 aromatic carbocycles. The molecule has 1 aliphatic rings. The second-order valence-corrected chi connectivity index (χ2v) is 5.02. The van der Waals surface area contributed by atoms with Crippen LogP contribution >= 0.6 is 0 Å². The zero-order chi connectivity index (χ0) is 14.4. The molecule has 1 aliphatic heterocycles. The second kappa shape index (κ2) is 4.19. The van der Waals surface area contributed by atoms with Crippen LogP contribution < -0.4 is 10.6 Å². The van der Waals surface area contributed by atoms with E-state index >= 15 is 0 Å². The van der Waals surface area contributed by atoms with E-state index in [0.29, 0.717) is 22.5 Å². The predicted molar refractivity (Wildman–Crippen MR) is 74.6 cm³/mol. The topological polar surface area (TPSA) is 81.2 Å². The molecule has 3 rings (SSSR count). The summed E-state index contributed by atoms with van der Waals surface area (Å²) in [5, 5.41) is 4.16. The number of fused-ring (bicyclic) bond motifs is 1. The highest BCUT2D eigenvalue weighted by Crippen LogP contribution is 2.29. The summed E-state index contributed by atoms with van der Waals surface area (Å²) in [4.78, 5) is 25.8. The molecule has 6 heteroatoms. The average molecular weight is 270 g/mol. The van der Waals surface area contributed by atoms with Crippen LogP contribution in [0.1, 0.15) is 40.6 Å². The smallest absolute Gasteiger partial charge is 0.266 e. The van der Waals surface area contributed by atoms with Gasteiger partial charge in [0.05, 0.1) is 23.0 Å². The predicted octanol–water partition coefficient (Wildman–Crippen LogP) is 1.85. The first-order valence-corrected chi connectivity index (χ1v) is 6.31. The van der Waals surface area contributed by atoms with Crippen LogP contribution in [0.3, 0.4) is 0 Å². The Labute approximate surface area is 115 Å². The van der Waals surface area contributed by atoms with Crippen LogP contribution in [0, 0.1) is 0 Å². The monoisotopic (exact) mass is 270 g/mol. The molecule has 0 radical (unpaired) electrons. The van der Waals surface area contributed by atoms with E-state index < -0.39 is 0 Å².